The number of fused-ring (bicyclic) bond motifs is 1. The van der Waals surface area contributed by atoms with Gasteiger partial charge >= 0.3 is 0 Å². The van der Waals surface area contributed by atoms with E-state index in [0.29, 0.717) is 35.8 Å². The van der Waals surface area contributed by atoms with Gasteiger partial charge in [0, 0.05) is 12.4 Å². The molecule has 2 heterocycles. The molecule has 1 aliphatic heterocycles. The zero-order valence-corrected chi connectivity index (χ0v) is 9.50. The fourth-order valence-electron chi connectivity index (χ4n) is 1.82. The number of carbonyl (C=O) groups excluding carboxylic acids is 1. The van der Waals surface area contributed by atoms with Crippen LogP contribution in [0.15, 0.2) is 36.9 Å². The minimum atomic E-state index is -0.169. The van der Waals surface area contributed by atoms with E-state index in [2.05, 4.69) is 9.97 Å². The summed E-state index contributed by atoms with van der Waals surface area (Å²) in [7, 11) is 0. The molecule has 0 unspecified atom stereocenters. The van der Waals surface area contributed by atoms with Crippen molar-refractivity contribution in [1.82, 2.24) is 9.97 Å². The van der Waals surface area contributed by atoms with Crippen molar-refractivity contribution in [3.05, 3.63) is 48.0 Å². The Morgan fingerprint density at radius 3 is 2.72 bits per heavy atom. The Hall–Kier alpha value is -2.43. The first-order valence-corrected chi connectivity index (χ1v) is 5.54. The number of hydrogen-bond donors (Lipinski definition) is 0. The SMILES string of the molecule is O=C(c1cncnc1)c1cccc2c1OCCO2. The number of para-hydroxylation sites is 1. The number of nitrogens with zero attached hydrogens (tertiary/aromatic N) is 2. The maximum Gasteiger partial charge on any atom is 0.200 e. The van der Waals surface area contributed by atoms with E-state index in [1.54, 1.807) is 18.2 Å². The highest BCUT2D eigenvalue weighted by Crippen LogP contribution is 2.34. The predicted octanol–water partition coefficient (Wildman–Crippen LogP) is 1.48. The summed E-state index contributed by atoms with van der Waals surface area (Å²) in [5, 5.41) is 0. The Bertz CT molecular complexity index is 584. The highest BCUT2D eigenvalue weighted by molar-refractivity contribution is 6.10. The standard InChI is InChI=1S/C13H10N2O3/c16-12(9-6-14-8-15-7-9)10-2-1-3-11-13(10)18-5-4-17-11/h1-3,6-8H,4-5H2. The zero-order chi connectivity index (χ0) is 12.4. The van der Waals surface area contributed by atoms with Gasteiger partial charge in [0.2, 0.25) is 0 Å². The molecule has 0 spiro atoms. The number of benzene rings is 1. The lowest BCUT2D eigenvalue weighted by Crippen LogP contribution is -2.18. The third-order valence-corrected chi connectivity index (χ3v) is 2.63. The van der Waals surface area contributed by atoms with Crippen LogP contribution in [0.4, 0.5) is 0 Å². The molecule has 0 aliphatic carbocycles. The van der Waals surface area contributed by atoms with Crippen LogP contribution in [-0.4, -0.2) is 29.0 Å². The van der Waals surface area contributed by atoms with E-state index in [-0.39, 0.29) is 5.78 Å². The lowest BCUT2D eigenvalue weighted by atomic mass is 10.0. The number of carbonyl (C=O) groups is 1. The molecule has 0 fully saturated rings. The van der Waals surface area contributed by atoms with Crippen LogP contribution in [0.1, 0.15) is 15.9 Å². The third kappa shape index (κ3) is 1.79. The Kier molecular flexibility index (Phi) is 2.64. The van der Waals surface area contributed by atoms with Gasteiger partial charge in [0.05, 0.1) is 11.1 Å². The van der Waals surface area contributed by atoms with Gasteiger partial charge in [-0.2, -0.15) is 0 Å². The van der Waals surface area contributed by atoms with Crippen LogP contribution in [0.25, 0.3) is 0 Å². The van der Waals surface area contributed by atoms with Crippen LogP contribution in [0, 0.1) is 0 Å². The van der Waals surface area contributed by atoms with E-state index in [1.807, 2.05) is 0 Å². The molecular formula is C13H10N2O3. The summed E-state index contributed by atoms with van der Waals surface area (Å²) in [6.07, 6.45) is 4.35. The second-order valence-electron chi connectivity index (χ2n) is 3.79. The molecule has 0 atom stereocenters. The predicted molar refractivity (Wildman–Crippen MR) is 62.9 cm³/mol. The molecule has 1 aromatic carbocycles. The number of ketones is 1. The monoisotopic (exact) mass is 242 g/mol. The summed E-state index contributed by atoms with van der Waals surface area (Å²) in [6, 6.07) is 5.26. The molecule has 3 rings (SSSR count). The van der Waals surface area contributed by atoms with Crippen molar-refractivity contribution < 1.29 is 14.3 Å². The lowest BCUT2D eigenvalue weighted by Gasteiger charge is -2.20. The quantitative estimate of drug-likeness (QED) is 0.746. The van der Waals surface area contributed by atoms with Crippen LogP contribution in [-0.2, 0) is 0 Å². The summed E-state index contributed by atoms with van der Waals surface area (Å²) in [4.78, 5) is 20.0. The minimum Gasteiger partial charge on any atom is -0.486 e. The Morgan fingerprint density at radius 1 is 1.11 bits per heavy atom. The number of rotatable bonds is 2. The first kappa shape index (κ1) is 10.7. The largest absolute Gasteiger partial charge is 0.486 e. The fraction of sp³-hybridized carbons (Fsp3) is 0.154. The number of hydrogen-bond acceptors (Lipinski definition) is 5. The lowest BCUT2D eigenvalue weighted by molar-refractivity contribution is 0.102. The second kappa shape index (κ2) is 4.44. The molecule has 0 saturated heterocycles. The molecule has 0 radical (unpaired) electrons. The average molecular weight is 242 g/mol. The van der Waals surface area contributed by atoms with E-state index in [9.17, 15) is 4.79 Å². The van der Waals surface area contributed by atoms with E-state index in [1.165, 1.54) is 18.7 Å². The van der Waals surface area contributed by atoms with Gasteiger partial charge < -0.3 is 9.47 Å². The van der Waals surface area contributed by atoms with Gasteiger partial charge in [-0.3, -0.25) is 4.79 Å². The van der Waals surface area contributed by atoms with E-state index >= 15 is 0 Å². The van der Waals surface area contributed by atoms with Crippen molar-refractivity contribution in [3.8, 4) is 11.5 Å². The maximum absolute atomic E-state index is 12.3. The summed E-state index contributed by atoms with van der Waals surface area (Å²) < 4.78 is 11.0. The molecule has 1 aliphatic rings. The third-order valence-electron chi connectivity index (χ3n) is 2.63. The molecule has 0 amide bonds. The molecule has 1 aromatic heterocycles. The Morgan fingerprint density at radius 2 is 1.89 bits per heavy atom. The zero-order valence-electron chi connectivity index (χ0n) is 9.50. The number of ether oxygens (including phenoxy) is 2. The van der Waals surface area contributed by atoms with Crippen molar-refractivity contribution in [2.24, 2.45) is 0 Å². The van der Waals surface area contributed by atoms with Crippen LogP contribution >= 0.6 is 0 Å². The average Bonchev–Trinajstić information content (AvgIpc) is 2.47. The van der Waals surface area contributed by atoms with Crippen molar-refractivity contribution in [3.63, 3.8) is 0 Å². The van der Waals surface area contributed by atoms with Gasteiger partial charge in [-0.15, -0.1) is 0 Å². The molecule has 5 nitrogen and oxygen atoms in total. The smallest absolute Gasteiger partial charge is 0.200 e. The normalized spacial score (nSPS) is 13.1. The van der Waals surface area contributed by atoms with Crippen LogP contribution in [0.3, 0.4) is 0 Å². The van der Waals surface area contributed by atoms with Crippen molar-refractivity contribution >= 4 is 5.78 Å². The van der Waals surface area contributed by atoms with Crippen molar-refractivity contribution in [2.45, 2.75) is 0 Å². The summed E-state index contributed by atoms with van der Waals surface area (Å²) in [6.45, 7) is 0.946. The molecule has 90 valence electrons. The van der Waals surface area contributed by atoms with Crippen LogP contribution in [0.5, 0.6) is 11.5 Å². The maximum atomic E-state index is 12.3. The topological polar surface area (TPSA) is 61.3 Å². The second-order valence-corrected chi connectivity index (χ2v) is 3.79. The first-order valence-electron chi connectivity index (χ1n) is 5.54. The minimum absolute atomic E-state index is 0.169. The molecule has 18 heavy (non-hydrogen) atoms. The Labute approximate surface area is 103 Å². The molecule has 0 saturated carbocycles. The summed E-state index contributed by atoms with van der Waals surface area (Å²) in [5.74, 6) is 0.930. The van der Waals surface area contributed by atoms with Crippen molar-refractivity contribution in [2.75, 3.05) is 13.2 Å². The van der Waals surface area contributed by atoms with Gasteiger partial charge in [0.1, 0.15) is 19.5 Å². The molecule has 5 heteroatoms. The molecule has 0 bridgehead atoms. The fourth-order valence-corrected chi connectivity index (χ4v) is 1.82. The van der Waals surface area contributed by atoms with E-state index < -0.39 is 0 Å². The molecule has 2 aromatic rings. The van der Waals surface area contributed by atoms with Crippen molar-refractivity contribution in [1.29, 1.82) is 0 Å². The summed E-state index contributed by atoms with van der Waals surface area (Å²) in [5.41, 5.74) is 0.905. The molecular weight excluding hydrogens is 232 g/mol. The van der Waals surface area contributed by atoms with E-state index in [0.717, 1.165) is 0 Å². The van der Waals surface area contributed by atoms with Crippen LogP contribution < -0.4 is 9.47 Å². The highest BCUT2D eigenvalue weighted by atomic mass is 16.6. The molecule has 0 N–H and O–H groups in total. The van der Waals surface area contributed by atoms with E-state index in [4.69, 9.17) is 9.47 Å². The first-order chi connectivity index (χ1) is 8.86. The van der Waals surface area contributed by atoms with Gasteiger partial charge in [-0.25, -0.2) is 9.97 Å². The van der Waals surface area contributed by atoms with Gasteiger partial charge in [-0.1, -0.05) is 6.07 Å². The number of aromatic nitrogens is 2. The van der Waals surface area contributed by atoms with Gasteiger partial charge in [-0.05, 0) is 12.1 Å². The highest BCUT2D eigenvalue weighted by Gasteiger charge is 2.21. The van der Waals surface area contributed by atoms with Crippen LogP contribution in [0.2, 0.25) is 0 Å². The van der Waals surface area contributed by atoms with Gasteiger partial charge in [0.15, 0.2) is 17.3 Å². The van der Waals surface area contributed by atoms with Gasteiger partial charge in [0.25, 0.3) is 0 Å². The summed E-state index contributed by atoms with van der Waals surface area (Å²) >= 11 is 0. The Balaban J connectivity index is 2.05.